The van der Waals surface area contributed by atoms with Crippen LogP contribution in [0.1, 0.15) is 16.7 Å². The van der Waals surface area contributed by atoms with E-state index in [4.69, 9.17) is 17.3 Å². The Labute approximate surface area is 117 Å². The average molecular weight is 278 g/mol. The van der Waals surface area contributed by atoms with E-state index in [1.165, 1.54) is 16.7 Å². The summed E-state index contributed by atoms with van der Waals surface area (Å²) in [5, 5.41) is 0.729. The van der Waals surface area contributed by atoms with Crippen LogP contribution in [0.3, 0.4) is 0 Å². The van der Waals surface area contributed by atoms with Crippen molar-refractivity contribution >= 4 is 29.1 Å². The minimum absolute atomic E-state index is 0.729. The normalized spacial score (nSPS) is 10.6. The topological polar surface area (TPSA) is 26.0 Å². The Bertz CT molecular complexity index is 566. The van der Waals surface area contributed by atoms with E-state index in [2.05, 4.69) is 32.0 Å². The predicted octanol–water partition coefficient (Wildman–Crippen LogP) is 4.83. The minimum atomic E-state index is 0.729. The maximum Gasteiger partial charge on any atom is 0.0453 e. The van der Waals surface area contributed by atoms with E-state index in [1.807, 2.05) is 18.2 Å². The Morgan fingerprint density at radius 2 is 1.83 bits per heavy atom. The molecule has 2 N–H and O–H groups in total. The second-order valence-corrected chi connectivity index (χ2v) is 5.84. The van der Waals surface area contributed by atoms with Crippen molar-refractivity contribution in [2.45, 2.75) is 24.5 Å². The van der Waals surface area contributed by atoms with Crippen LogP contribution in [-0.2, 0) is 5.75 Å². The molecule has 0 radical (unpaired) electrons. The molecule has 0 bridgehead atoms. The van der Waals surface area contributed by atoms with Gasteiger partial charge in [-0.3, -0.25) is 0 Å². The van der Waals surface area contributed by atoms with Crippen LogP contribution in [0, 0.1) is 13.8 Å². The van der Waals surface area contributed by atoms with Gasteiger partial charge in [-0.25, -0.2) is 0 Å². The number of anilines is 1. The van der Waals surface area contributed by atoms with Crippen molar-refractivity contribution in [1.82, 2.24) is 0 Å². The summed E-state index contributed by atoms with van der Waals surface area (Å²) < 4.78 is 0. The summed E-state index contributed by atoms with van der Waals surface area (Å²) in [6.45, 7) is 4.26. The summed E-state index contributed by atoms with van der Waals surface area (Å²) in [5.41, 5.74) is 10.7. The first-order chi connectivity index (χ1) is 8.56. The fraction of sp³-hybridized carbons (Fsp3) is 0.200. The van der Waals surface area contributed by atoms with Crippen LogP contribution in [0.15, 0.2) is 41.3 Å². The highest BCUT2D eigenvalue weighted by Crippen LogP contribution is 2.30. The van der Waals surface area contributed by atoms with Crippen LogP contribution in [0.5, 0.6) is 0 Å². The Balaban J connectivity index is 2.11. The fourth-order valence-electron chi connectivity index (χ4n) is 1.69. The molecule has 0 saturated carbocycles. The third kappa shape index (κ3) is 3.21. The lowest BCUT2D eigenvalue weighted by Gasteiger charge is -2.07. The largest absolute Gasteiger partial charge is 0.398 e. The van der Waals surface area contributed by atoms with Gasteiger partial charge in [-0.15, -0.1) is 11.8 Å². The first-order valence-corrected chi connectivity index (χ1v) is 7.16. The summed E-state index contributed by atoms with van der Waals surface area (Å²) >= 11 is 7.70. The number of rotatable bonds is 3. The van der Waals surface area contributed by atoms with Crippen LogP contribution in [0.2, 0.25) is 5.02 Å². The van der Waals surface area contributed by atoms with Crippen molar-refractivity contribution < 1.29 is 0 Å². The van der Waals surface area contributed by atoms with Gasteiger partial charge >= 0.3 is 0 Å². The molecule has 1 nitrogen and oxygen atoms in total. The van der Waals surface area contributed by atoms with Crippen LogP contribution in [0.4, 0.5) is 5.69 Å². The Morgan fingerprint density at radius 1 is 1.06 bits per heavy atom. The minimum Gasteiger partial charge on any atom is -0.398 e. The number of halogens is 1. The molecule has 0 fully saturated rings. The van der Waals surface area contributed by atoms with Gasteiger partial charge in [0.25, 0.3) is 0 Å². The molecule has 94 valence electrons. The summed E-state index contributed by atoms with van der Waals surface area (Å²) in [6.07, 6.45) is 0. The van der Waals surface area contributed by atoms with Gasteiger partial charge in [0, 0.05) is 21.4 Å². The molecule has 0 aliphatic heterocycles. The molecule has 2 aromatic rings. The molecule has 3 heteroatoms. The van der Waals surface area contributed by atoms with E-state index >= 15 is 0 Å². The first kappa shape index (κ1) is 13.3. The standard InChI is InChI=1S/C15H16ClNS/c1-10-3-4-12(7-11(10)2)9-18-15-8-13(16)5-6-14(15)17/h3-8H,9,17H2,1-2H3. The molecular weight excluding hydrogens is 262 g/mol. The van der Waals surface area contributed by atoms with E-state index in [-0.39, 0.29) is 0 Å². The number of thioether (sulfide) groups is 1. The zero-order valence-electron chi connectivity index (χ0n) is 10.5. The highest BCUT2D eigenvalue weighted by atomic mass is 35.5. The third-order valence-electron chi connectivity index (χ3n) is 2.94. The van der Waals surface area contributed by atoms with Crippen LogP contribution in [0.25, 0.3) is 0 Å². The molecule has 0 saturated heterocycles. The number of benzene rings is 2. The zero-order chi connectivity index (χ0) is 13.1. The van der Waals surface area contributed by atoms with Gasteiger partial charge in [-0.2, -0.15) is 0 Å². The second kappa shape index (κ2) is 5.68. The number of aryl methyl sites for hydroxylation is 2. The molecule has 18 heavy (non-hydrogen) atoms. The van der Waals surface area contributed by atoms with Gasteiger partial charge in [0.05, 0.1) is 0 Å². The Kier molecular flexibility index (Phi) is 4.20. The van der Waals surface area contributed by atoms with Gasteiger partial charge in [-0.1, -0.05) is 29.8 Å². The van der Waals surface area contributed by atoms with Crippen molar-refractivity contribution in [3.05, 3.63) is 58.1 Å². The lowest BCUT2D eigenvalue weighted by molar-refractivity contribution is 1.28. The van der Waals surface area contributed by atoms with E-state index < -0.39 is 0 Å². The first-order valence-electron chi connectivity index (χ1n) is 5.80. The van der Waals surface area contributed by atoms with E-state index in [0.29, 0.717) is 0 Å². The van der Waals surface area contributed by atoms with E-state index in [0.717, 1.165) is 21.4 Å². The monoisotopic (exact) mass is 277 g/mol. The molecule has 2 aromatic carbocycles. The Hall–Kier alpha value is -1.12. The molecule has 0 aliphatic carbocycles. The lowest BCUT2D eigenvalue weighted by Crippen LogP contribution is -1.90. The van der Waals surface area contributed by atoms with E-state index in [9.17, 15) is 0 Å². The molecule has 0 unspecified atom stereocenters. The van der Waals surface area contributed by atoms with Crippen molar-refractivity contribution in [3.63, 3.8) is 0 Å². The molecule has 0 atom stereocenters. The SMILES string of the molecule is Cc1ccc(CSc2cc(Cl)ccc2N)cc1C. The molecule has 2 rings (SSSR count). The third-order valence-corrected chi connectivity index (χ3v) is 4.32. The fourth-order valence-corrected chi connectivity index (χ4v) is 2.87. The molecule has 0 amide bonds. The van der Waals surface area contributed by atoms with Crippen molar-refractivity contribution in [2.75, 3.05) is 5.73 Å². The Morgan fingerprint density at radius 3 is 2.56 bits per heavy atom. The van der Waals surface area contributed by atoms with Crippen LogP contribution >= 0.6 is 23.4 Å². The summed E-state index contributed by atoms with van der Waals surface area (Å²) in [4.78, 5) is 1.04. The van der Waals surface area contributed by atoms with Gasteiger partial charge in [0.1, 0.15) is 0 Å². The van der Waals surface area contributed by atoms with Crippen molar-refractivity contribution in [2.24, 2.45) is 0 Å². The molecule has 0 spiro atoms. The van der Waals surface area contributed by atoms with Gasteiger partial charge < -0.3 is 5.73 Å². The number of hydrogen-bond acceptors (Lipinski definition) is 2. The number of hydrogen-bond donors (Lipinski definition) is 1. The second-order valence-electron chi connectivity index (χ2n) is 4.39. The van der Waals surface area contributed by atoms with E-state index in [1.54, 1.807) is 11.8 Å². The average Bonchev–Trinajstić information content (AvgIpc) is 2.34. The van der Waals surface area contributed by atoms with Crippen LogP contribution < -0.4 is 5.73 Å². The maximum atomic E-state index is 5.98. The van der Waals surface area contributed by atoms with Crippen LogP contribution in [-0.4, -0.2) is 0 Å². The maximum absolute atomic E-state index is 5.98. The number of nitrogen functional groups attached to an aromatic ring is 1. The molecule has 0 aromatic heterocycles. The highest BCUT2D eigenvalue weighted by molar-refractivity contribution is 7.98. The highest BCUT2D eigenvalue weighted by Gasteiger charge is 2.03. The molecule has 0 aliphatic rings. The molecular formula is C15H16ClNS. The predicted molar refractivity (Wildman–Crippen MR) is 81.3 cm³/mol. The smallest absolute Gasteiger partial charge is 0.0453 e. The summed E-state index contributed by atoms with van der Waals surface area (Å²) in [5.74, 6) is 0.908. The number of nitrogens with two attached hydrogens (primary N) is 1. The summed E-state index contributed by atoms with van der Waals surface area (Å²) in [6, 6.07) is 12.1. The quantitative estimate of drug-likeness (QED) is 0.642. The zero-order valence-corrected chi connectivity index (χ0v) is 12.1. The van der Waals surface area contributed by atoms with Gasteiger partial charge in [0.2, 0.25) is 0 Å². The van der Waals surface area contributed by atoms with Crippen molar-refractivity contribution in [1.29, 1.82) is 0 Å². The molecule has 0 heterocycles. The van der Waals surface area contributed by atoms with Gasteiger partial charge in [-0.05, 0) is 48.7 Å². The van der Waals surface area contributed by atoms with Gasteiger partial charge in [0.15, 0.2) is 0 Å². The summed E-state index contributed by atoms with van der Waals surface area (Å²) in [7, 11) is 0. The lowest BCUT2D eigenvalue weighted by atomic mass is 10.1. The van der Waals surface area contributed by atoms with Crippen molar-refractivity contribution in [3.8, 4) is 0 Å².